The van der Waals surface area contributed by atoms with Crippen LogP contribution < -0.4 is 0 Å². The van der Waals surface area contributed by atoms with Crippen molar-refractivity contribution >= 4 is 11.6 Å². The first-order chi connectivity index (χ1) is 23.9. The van der Waals surface area contributed by atoms with Crippen molar-refractivity contribution in [2.45, 2.75) is 266 Å². The maximum atomic E-state index is 14.3. The molecule has 0 aromatic rings. The number of fused-ring (bicyclic) bond motifs is 10. The fraction of sp³-hybridized carbons (Fsp3) is 0.957. The van der Waals surface area contributed by atoms with Crippen LogP contribution in [0.1, 0.15) is 219 Å². The van der Waals surface area contributed by atoms with Crippen molar-refractivity contribution in [2.75, 3.05) is 0 Å². The van der Waals surface area contributed by atoms with E-state index in [2.05, 4.69) is 13.8 Å². The van der Waals surface area contributed by atoms with Crippen molar-refractivity contribution in [1.82, 2.24) is 0 Å². The predicted molar refractivity (Wildman–Crippen MR) is 204 cm³/mol. The van der Waals surface area contributed by atoms with Crippen LogP contribution in [0.15, 0.2) is 0 Å². The van der Waals surface area contributed by atoms with Crippen LogP contribution in [-0.4, -0.2) is 11.6 Å². The average molecular weight is 719 g/mol. The maximum absolute atomic E-state index is 14.3. The summed E-state index contributed by atoms with van der Waals surface area (Å²) >= 11 is 0. The summed E-state index contributed by atoms with van der Waals surface area (Å²) in [5, 5.41) is 0. The summed E-state index contributed by atoms with van der Waals surface area (Å²) in [4.78, 5) is 36.5. The predicted octanol–water partition coefficient (Wildman–Crippen LogP) is 15.8. The summed E-state index contributed by atoms with van der Waals surface area (Å²) in [5.74, 6) is 1.57. The molecule has 1 spiro atoms. The summed E-state index contributed by atoms with van der Waals surface area (Å²) < 4.78 is 0.518. The molecule has 10 aliphatic heterocycles. The molecule has 10 aliphatic rings. The molecule has 10 saturated heterocycles. The van der Waals surface area contributed by atoms with Gasteiger partial charge < -0.3 is 0 Å². The van der Waals surface area contributed by atoms with E-state index in [1.807, 2.05) is 0 Å². The Morgan fingerprint density at radius 2 is 0.551 bits per heavy atom. The van der Waals surface area contributed by atoms with Gasteiger partial charge in [0, 0.05) is 0 Å². The van der Waals surface area contributed by atoms with Crippen molar-refractivity contribution in [3.8, 4) is 0 Å². The van der Waals surface area contributed by atoms with Crippen molar-refractivity contribution < 1.29 is 16.1 Å². The van der Waals surface area contributed by atoms with Gasteiger partial charge in [-0.3, -0.25) is 0 Å². The minimum absolute atomic E-state index is 0.259. The quantitative estimate of drug-likeness (QED) is 0.0490. The van der Waals surface area contributed by atoms with Crippen molar-refractivity contribution in [2.24, 2.45) is 0 Å². The van der Waals surface area contributed by atoms with Gasteiger partial charge in [0.2, 0.25) is 0 Å². The van der Waals surface area contributed by atoms with Gasteiger partial charge in [-0.1, -0.05) is 90.9 Å². The Labute approximate surface area is 292 Å². The molecular weight excluding hydrogens is 640 g/mol. The third kappa shape index (κ3) is 1.36. The number of Topliss-reactive ketones (excluding diaryl/α,β-unsaturated/α-hetero) is 2. The van der Waals surface area contributed by atoms with Crippen LogP contribution in [0.4, 0.5) is 0 Å². The molecule has 0 bridgehead atoms. The first kappa shape index (κ1) is 33.4. The molecule has 0 saturated carbocycles. The van der Waals surface area contributed by atoms with E-state index in [1.165, 1.54) is 180 Å². The van der Waals surface area contributed by atoms with Crippen molar-refractivity contribution in [1.29, 1.82) is 0 Å². The van der Waals surface area contributed by atoms with E-state index in [0.717, 1.165) is 75.8 Å². The monoisotopic (exact) mass is 719 g/mol. The first-order valence-corrected chi connectivity index (χ1v) is 29.4. The van der Waals surface area contributed by atoms with Crippen LogP contribution in [0.2, 0.25) is 47.2 Å². The number of unbranched alkanes of at least 4 members (excludes halogenated alkanes) is 28. The molecule has 2 nitrogen and oxygen atoms in total. The topological polar surface area (TPSA) is 34.1 Å². The van der Waals surface area contributed by atoms with Crippen LogP contribution in [0.5, 0.6) is 0 Å². The molecule has 0 radical (unpaired) electrons. The number of ketones is 2. The molecule has 0 amide bonds. The second-order valence-corrected chi connectivity index (χ2v) is 45.2. The summed E-state index contributed by atoms with van der Waals surface area (Å²) in [6.45, 7) is 0.654. The van der Waals surface area contributed by atoms with Crippen molar-refractivity contribution in [3.05, 3.63) is 0 Å². The fourth-order valence-corrected chi connectivity index (χ4v) is 99.8. The molecule has 0 aromatic heterocycles. The Balaban J connectivity index is 0.609. The SMILES string of the molecule is CCCCCCCCCCCCCCCCCC(=O)[C]12[CH]3[CH]4[CH]5[CH]1[Fe]45321678[CH]2[CH]1[CH]6[C]7(C(=O)CCCCCCCCCCCCCCCCC)[CH]28. The van der Waals surface area contributed by atoms with Gasteiger partial charge >= 0.3 is 203 Å². The molecule has 49 heavy (non-hydrogen) atoms. The second kappa shape index (κ2) is 7.44. The van der Waals surface area contributed by atoms with Crippen LogP contribution in [0, 0.1) is 0 Å². The molecule has 0 aliphatic carbocycles. The Bertz CT molecular complexity index is 1500. The van der Waals surface area contributed by atoms with Gasteiger partial charge in [-0.2, -0.15) is 0 Å². The van der Waals surface area contributed by atoms with Crippen LogP contribution in [0.25, 0.3) is 0 Å². The van der Waals surface area contributed by atoms with Gasteiger partial charge in [-0.05, 0) is 0 Å². The third-order valence-corrected chi connectivity index (χ3v) is 66.4. The molecule has 0 aromatic carbocycles. The number of rotatable bonds is 34. The molecule has 3 heteroatoms. The van der Waals surface area contributed by atoms with Gasteiger partial charge in [0.25, 0.3) is 0 Å². The van der Waals surface area contributed by atoms with Gasteiger partial charge in [0.1, 0.15) is 0 Å². The molecule has 8 unspecified atom stereocenters. The van der Waals surface area contributed by atoms with Gasteiger partial charge in [0.15, 0.2) is 0 Å². The standard InChI is InChI=1S/2C23H39O.Fe/c2*1-2-3-4-5-6-7-8-9-10-11-12-13-14-15-16-21-23(24)22-19-17-18-20-22;/h2*17-20H,2-16,21H2,1H3;. The van der Waals surface area contributed by atoms with Crippen LogP contribution in [-0.2, 0) is 16.1 Å². The minimum atomic E-state index is -3.95. The molecule has 0 N–H and O–H groups in total. The number of hydrogen-bond donors (Lipinski definition) is 0. The van der Waals surface area contributed by atoms with E-state index in [0.29, 0.717) is 0 Å². The van der Waals surface area contributed by atoms with E-state index in [1.54, 1.807) is 0 Å². The van der Waals surface area contributed by atoms with E-state index < -0.39 is 6.51 Å². The molecular formula is C46H78FeO2. The zero-order valence-corrected chi connectivity index (χ0v) is 33.5. The van der Waals surface area contributed by atoms with Crippen LogP contribution in [0.3, 0.4) is 0 Å². The van der Waals surface area contributed by atoms with Crippen molar-refractivity contribution in [3.63, 3.8) is 0 Å². The molecule has 10 heterocycles. The zero-order chi connectivity index (χ0) is 33.7. The molecule has 8 atom stereocenters. The van der Waals surface area contributed by atoms with E-state index in [-0.39, 0.29) is 8.63 Å². The Kier molecular flexibility index (Phi) is 5.07. The summed E-state index contributed by atoms with van der Waals surface area (Å²) in [5.41, 5.74) is 0. The zero-order valence-electron chi connectivity index (χ0n) is 32.4. The van der Waals surface area contributed by atoms with Crippen LogP contribution >= 0.6 is 0 Å². The number of carbonyl (C=O) groups excluding carboxylic acids is 2. The van der Waals surface area contributed by atoms with E-state index in [4.69, 9.17) is 0 Å². The normalized spacial score (nSPS) is 50.6. The first-order valence-electron chi connectivity index (χ1n) is 23.2. The van der Waals surface area contributed by atoms with E-state index in [9.17, 15) is 9.59 Å². The fourth-order valence-electron chi connectivity index (χ4n) is 23.8. The third-order valence-electron chi connectivity index (χ3n) is 23.7. The molecule has 10 rings (SSSR count). The van der Waals surface area contributed by atoms with Gasteiger partial charge in [-0.15, -0.1) is 0 Å². The Morgan fingerprint density at radius 1 is 0.347 bits per heavy atom. The van der Waals surface area contributed by atoms with E-state index >= 15 is 0 Å². The summed E-state index contributed by atoms with van der Waals surface area (Å²) in [6, 6.07) is 0. The Morgan fingerprint density at radius 3 is 0.755 bits per heavy atom. The number of carbonyl (C=O) groups is 2. The number of hydrogen-bond acceptors (Lipinski definition) is 2. The summed E-state index contributed by atoms with van der Waals surface area (Å²) in [7, 11) is 0. The van der Waals surface area contributed by atoms with Gasteiger partial charge in [0.05, 0.1) is 0 Å². The average Bonchev–Trinajstić information content (AvgIpc) is 4.06. The van der Waals surface area contributed by atoms with Gasteiger partial charge in [-0.25, -0.2) is 0 Å². The summed E-state index contributed by atoms with van der Waals surface area (Å²) in [6.07, 6.45) is 43.5. The molecule has 10 fully saturated rings. The molecule has 282 valence electrons. The Hall–Kier alpha value is -0.141. The second-order valence-electron chi connectivity index (χ2n) is 22.0.